The molecule has 0 spiro atoms. The minimum Gasteiger partial charge on any atom is -0.428 e. The van der Waals surface area contributed by atoms with Crippen molar-refractivity contribution in [3.05, 3.63) is 0 Å². The Bertz CT molecular complexity index is 1000. The van der Waals surface area contributed by atoms with Crippen LogP contribution >= 0.6 is 12.6 Å². The van der Waals surface area contributed by atoms with Gasteiger partial charge in [0.25, 0.3) is 0 Å². The quantitative estimate of drug-likeness (QED) is 0.0831. The maximum atomic E-state index is 13.3. The second-order valence-electron chi connectivity index (χ2n) is 11.0. The molecule has 0 radical (unpaired) electrons. The lowest BCUT2D eigenvalue weighted by Gasteiger charge is -2.30. The summed E-state index contributed by atoms with van der Waals surface area (Å²) in [6.07, 6.45) is -0.883. The van der Waals surface area contributed by atoms with Crippen molar-refractivity contribution >= 4 is 54.3 Å². The zero-order valence-corrected chi connectivity index (χ0v) is 25.0. The Hall–Kier alpha value is -3.40. The molecule has 16 heteroatoms. The zero-order valence-electron chi connectivity index (χ0n) is 24.1. The average molecular weight is 603 g/mol. The molecule has 1 aliphatic rings. The smallest absolute Gasteiger partial charge is 0.428 e. The van der Waals surface area contributed by atoms with Gasteiger partial charge >= 0.3 is 12.1 Å². The van der Waals surface area contributed by atoms with Gasteiger partial charge < -0.3 is 41.8 Å². The van der Waals surface area contributed by atoms with Crippen molar-refractivity contribution < 1.29 is 43.0 Å². The van der Waals surface area contributed by atoms with Crippen LogP contribution in [0.2, 0.25) is 0 Å². The Kier molecular flexibility index (Phi) is 14.0. The highest BCUT2D eigenvalue weighted by molar-refractivity contribution is 7.80. The van der Waals surface area contributed by atoms with Gasteiger partial charge in [0.15, 0.2) is 0 Å². The second-order valence-corrected chi connectivity index (χ2v) is 11.4. The van der Waals surface area contributed by atoms with Crippen LogP contribution in [0, 0.1) is 5.92 Å². The van der Waals surface area contributed by atoms with Crippen LogP contribution in [0.3, 0.4) is 0 Å². The first-order valence-electron chi connectivity index (χ1n) is 13.2. The second kappa shape index (κ2) is 16.1. The Morgan fingerprint density at radius 1 is 1.00 bits per heavy atom. The normalized spacial score (nSPS) is 17.2. The molecule has 0 aromatic carbocycles. The van der Waals surface area contributed by atoms with E-state index in [1.165, 1.54) is 4.90 Å². The number of nitrogens with two attached hydrogens (primary N) is 2. The summed E-state index contributed by atoms with van der Waals surface area (Å²) in [4.78, 5) is 88.5. The molecule has 4 atom stereocenters. The number of nitrogens with one attached hydrogen (secondary N) is 3. The zero-order chi connectivity index (χ0) is 31.5. The Labute approximate surface area is 244 Å². The van der Waals surface area contributed by atoms with E-state index in [-0.39, 0.29) is 24.8 Å². The van der Waals surface area contributed by atoms with Crippen molar-refractivity contribution in [1.29, 1.82) is 0 Å². The first kappa shape index (κ1) is 35.6. The summed E-state index contributed by atoms with van der Waals surface area (Å²) >= 11 is 4.10. The van der Waals surface area contributed by atoms with E-state index in [1.807, 2.05) is 13.8 Å². The number of ether oxygens (including phenoxy) is 2. The molecular formula is C25H42N6O9S. The Morgan fingerprint density at radius 2 is 1.63 bits per heavy atom. The molecule has 5 amide bonds. The topological polar surface area (TPSA) is 229 Å². The first-order valence-corrected chi connectivity index (χ1v) is 13.9. The van der Waals surface area contributed by atoms with E-state index in [4.69, 9.17) is 16.2 Å². The molecule has 7 N–H and O–H groups in total. The van der Waals surface area contributed by atoms with Crippen molar-refractivity contribution in [1.82, 2.24) is 20.9 Å². The molecule has 0 saturated carbocycles. The van der Waals surface area contributed by atoms with Crippen LogP contribution in [0.5, 0.6) is 0 Å². The average Bonchev–Trinajstić information content (AvgIpc) is 3.34. The Balaban J connectivity index is 2.97. The number of hydrogen-bond acceptors (Lipinski definition) is 11. The minimum absolute atomic E-state index is 0.0597. The van der Waals surface area contributed by atoms with Crippen LogP contribution in [-0.4, -0.2) is 95.2 Å². The number of likely N-dealkylation sites (tertiary alicyclic amines) is 1. The lowest BCUT2D eigenvalue weighted by molar-refractivity contribution is -0.147. The van der Waals surface area contributed by atoms with Gasteiger partial charge in [-0.2, -0.15) is 12.6 Å². The number of esters is 1. The molecule has 0 aliphatic carbocycles. The summed E-state index contributed by atoms with van der Waals surface area (Å²) in [6.45, 7) is 8.36. The van der Waals surface area contributed by atoms with E-state index in [0.29, 0.717) is 19.3 Å². The van der Waals surface area contributed by atoms with Crippen LogP contribution in [0.4, 0.5) is 4.79 Å². The Morgan fingerprint density at radius 3 is 2.15 bits per heavy atom. The van der Waals surface area contributed by atoms with Crippen molar-refractivity contribution in [2.45, 2.75) is 90.1 Å². The van der Waals surface area contributed by atoms with Crippen molar-refractivity contribution in [2.75, 3.05) is 18.8 Å². The lowest BCUT2D eigenvalue weighted by atomic mass is 10.0. The van der Waals surface area contributed by atoms with Gasteiger partial charge in [-0.05, 0) is 46.0 Å². The lowest BCUT2D eigenvalue weighted by Crippen LogP contribution is -2.58. The molecule has 1 aliphatic heterocycles. The summed E-state index contributed by atoms with van der Waals surface area (Å²) in [7, 11) is 0. The number of primary amides is 1. The van der Waals surface area contributed by atoms with E-state index < -0.39 is 77.8 Å². The van der Waals surface area contributed by atoms with Gasteiger partial charge in [-0.25, -0.2) is 9.59 Å². The largest absolute Gasteiger partial charge is 0.516 e. The molecule has 0 aromatic rings. The number of carbonyl (C=O) groups is 7. The fourth-order valence-electron chi connectivity index (χ4n) is 4.00. The summed E-state index contributed by atoms with van der Waals surface area (Å²) < 4.78 is 9.48. The standard InChI is InChI=1S/C25H42N6O9S/c1-13(2)9-14(28-19(33)11-26)22(36)31-8-6-7-17(31)21(35)30-16(12-41)20(34)29-15(10-18(27)32)23(37)39-24(38)40-25(3,4)5/h13-17,41H,6-12,26H2,1-5H3,(H2,27,32)(H,28,33)(H,29,34)(H,30,35)/t14-,15+,16+,17-/m0/s1. The number of hydrogen-bond donors (Lipinski definition) is 6. The highest BCUT2D eigenvalue weighted by atomic mass is 32.1. The first-order chi connectivity index (χ1) is 19.0. The van der Waals surface area contributed by atoms with E-state index in [9.17, 15) is 33.6 Å². The van der Waals surface area contributed by atoms with E-state index in [1.54, 1.807) is 20.8 Å². The van der Waals surface area contributed by atoms with E-state index in [0.717, 1.165) is 0 Å². The predicted octanol–water partition coefficient (Wildman–Crippen LogP) is -1.28. The van der Waals surface area contributed by atoms with Crippen molar-refractivity contribution in [3.8, 4) is 0 Å². The molecule has 1 heterocycles. The molecule has 232 valence electrons. The van der Waals surface area contributed by atoms with Crippen LogP contribution in [0.1, 0.15) is 60.3 Å². The van der Waals surface area contributed by atoms with Crippen LogP contribution in [0.25, 0.3) is 0 Å². The van der Waals surface area contributed by atoms with E-state index >= 15 is 0 Å². The number of amides is 5. The number of thiol groups is 1. The van der Waals surface area contributed by atoms with Crippen molar-refractivity contribution in [2.24, 2.45) is 17.4 Å². The molecule has 1 rings (SSSR count). The number of nitrogens with zero attached hydrogens (tertiary/aromatic N) is 1. The molecule has 0 aromatic heterocycles. The molecule has 1 fully saturated rings. The maximum absolute atomic E-state index is 13.3. The van der Waals surface area contributed by atoms with Crippen LogP contribution in [0.15, 0.2) is 0 Å². The third-order valence-electron chi connectivity index (χ3n) is 5.76. The predicted molar refractivity (Wildman–Crippen MR) is 149 cm³/mol. The van der Waals surface area contributed by atoms with Gasteiger partial charge in [0.1, 0.15) is 29.8 Å². The van der Waals surface area contributed by atoms with Gasteiger partial charge in [-0.1, -0.05) is 13.8 Å². The van der Waals surface area contributed by atoms with Crippen LogP contribution in [-0.2, 0) is 38.2 Å². The van der Waals surface area contributed by atoms with Gasteiger partial charge in [0, 0.05) is 12.3 Å². The van der Waals surface area contributed by atoms with Gasteiger partial charge in [-0.15, -0.1) is 0 Å². The summed E-state index contributed by atoms with van der Waals surface area (Å²) in [5.74, 6) is -4.94. The van der Waals surface area contributed by atoms with Gasteiger partial charge in [0.2, 0.25) is 29.5 Å². The molecule has 0 bridgehead atoms. The van der Waals surface area contributed by atoms with Gasteiger partial charge in [-0.3, -0.25) is 24.0 Å². The third-order valence-corrected chi connectivity index (χ3v) is 6.12. The SMILES string of the molecule is CC(C)C[C@H](NC(=O)CN)C(=O)N1CCC[C@H]1C(=O)N[C@H](CS)C(=O)N[C@H](CC(N)=O)C(=O)OC(=O)OC(C)(C)C. The summed E-state index contributed by atoms with van der Waals surface area (Å²) in [6, 6.07) is -4.76. The molecule has 41 heavy (non-hydrogen) atoms. The molecule has 15 nitrogen and oxygen atoms in total. The summed E-state index contributed by atoms with van der Waals surface area (Å²) in [5, 5.41) is 7.35. The minimum atomic E-state index is -1.65. The third kappa shape index (κ3) is 12.3. The summed E-state index contributed by atoms with van der Waals surface area (Å²) in [5.41, 5.74) is 9.59. The monoisotopic (exact) mass is 602 g/mol. The number of carbonyl (C=O) groups excluding carboxylic acids is 7. The van der Waals surface area contributed by atoms with Crippen LogP contribution < -0.4 is 27.4 Å². The van der Waals surface area contributed by atoms with E-state index in [2.05, 4.69) is 33.3 Å². The maximum Gasteiger partial charge on any atom is 0.516 e. The fraction of sp³-hybridized carbons (Fsp3) is 0.720. The molecule has 1 saturated heterocycles. The fourth-order valence-corrected chi connectivity index (χ4v) is 4.26. The highest BCUT2D eigenvalue weighted by Crippen LogP contribution is 2.21. The molecular weight excluding hydrogens is 560 g/mol. The van der Waals surface area contributed by atoms with Gasteiger partial charge in [0.05, 0.1) is 13.0 Å². The number of rotatable bonds is 13. The molecule has 0 unspecified atom stereocenters. The van der Waals surface area contributed by atoms with Crippen molar-refractivity contribution in [3.63, 3.8) is 0 Å². The highest BCUT2D eigenvalue weighted by Gasteiger charge is 2.39.